The van der Waals surface area contributed by atoms with Crippen LogP contribution in [0.4, 0.5) is 4.79 Å². The molecule has 0 saturated carbocycles. The zero-order valence-corrected chi connectivity index (χ0v) is 16.1. The molecule has 1 aliphatic heterocycles. The Morgan fingerprint density at radius 3 is 2.26 bits per heavy atom. The molecule has 1 heterocycles. The van der Waals surface area contributed by atoms with Gasteiger partial charge in [0.2, 0.25) is 5.91 Å². The molecule has 2 rings (SSSR count). The van der Waals surface area contributed by atoms with E-state index in [0.29, 0.717) is 58.9 Å². The molecule has 0 aromatic heterocycles. The predicted octanol–water partition coefficient (Wildman–Crippen LogP) is 1.35. The summed E-state index contributed by atoms with van der Waals surface area (Å²) in [4.78, 5) is 27.3. The summed E-state index contributed by atoms with van der Waals surface area (Å²) in [7, 11) is 1.63. The highest BCUT2D eigenvalue weighted by Crippen LogP contribution is 2.16. The molecule has 0 bridgehead atoms. The highest BCUT2D eigenvalue weighted by atomic mass is 16.6. The fourth-order valence-electron chi connectivity index (χ4n) is 2.74. The molecule has 0 spiro atoms. The smallest absolute Gasteiger partial charge is 0.409 e. The van der Waals surface area contributed by atoms with Crippen molar-refractivity contribution in [2.45, 2.75) is 13.3 Å². The number of nitrogens with one attached hydrogen (secondary N) is 1. The number of hydrogen-bond acceptors (Lipinski definition) is 6. The van der Waals surface area contributed by atoms with Gasteiger partial charge in [-0.05, 0) is 31.2 Å². The SMILES string of the molecule is CCOC(=O)N1CCN(C(=O)CCNCCOc2ccc(OC)cc2)CC1. The molecule has 0 radical (unpaired) electrons. The second-order valence-electron chi connectivity index (χ2n) is 6.09. The van der Waals surface area contributed by atoms with Gasteiger partial charge in [-0.2, -0.15) is 0 Å². The van der Waals surface area contributed by atoms with Gasteiger partial charge in [-0.3, -0.25) is 4.79 Å². The van der Waals surface area contributed by atoms with E-state index in [-0.39, 0.29) is 12.0 Å². The first-order chi connectivity index (χ1) is 13.1. The number of methoxy groups -OCH3 is 1. The third-order valence-electron chi connectivity index (χ3n) is 4.28. The molecule has 150 valence electrons. The third kappa shape index (κ3) is 6.97. The van der Waals surface area contributed by atoms with E-state index in [1.165, 1.54) is 0 Å². The summed E-state index contributed by atoms with van der Waals surface area (Å²) in [5, 5.41) is 3.21. The Kier molecular flexibility index (Phi) is 8.70. The summed E-state index contributed by atoms with van der Waals surface area (Å²) in [6.45, 7) is 6.09. The minimum absolute atomic E-state index is 0.0991. The second kappa shape index (κ2) is 11.3. The molecule has 1 fully saturated rings. The van der Waals surface area contributed by atoms with Crippen LogP contribution in [0.5, 0.6) is 11.5 Å². The van der Waals surface area contributed by atoms with E-state index < -0.39 is 0 Å². The van der Waals surface area contributed by atoms with E-state index in [1.54, 1.807) is 23.8 Å². The quantitative estimate of drug-likeness (QED) is 0.653. The standard InChI is InChI=1S/C19H29N3O5/c1-3-26-19(24)22-13-11-21(12-14-22)18(23)8-9-20-10-15-27-17-6-4-16(25-2)5-7-17/h4-7,20H,3,8-15H2,1-2H3. The largest absolute Gasteiger partial charge is 0.497 e. The van der Waals surface area contributed by atoms with Crippen molar-refractivity contribution < 1.29 is 23.8 Å². The molecule has 1 saturated heterocycles. The lowest BCUT2D eigenvalue weighted by atomic mass is 10.3. The average Bonchev–Trinajstić information content (AvgIpc) is 2.71. The Balaban J connectivity index is 1.54. The first-order valence-electron chi connectivity index (χ1n) is 9.31. The van der Waals surface area contributed by atoms with Crippen LogP contribution < -0.4 is 14.8 Å². The normalized spacial score (nSPS) is 14.0. The average molecular weight is 379 g/mol. The summed E-state index contributed by atoms with van der Waals surface area (Å²) in [6, 6.07) is 7.42. The van der Waals surface area contributed by atoms with Gasteiger partial charge in [0.1, 0.15) is 18.1 Å². The Labute approximate surface area is 160 Å². The number of amides is 2. The second-order valence-corrected chi connectivity index (χ2v) is 6.09. The van der Waals surface area contributed by atoms with E-state index in [2.05, 4.69) is 5.32 Å². The van der Waals surface area contributed by atoms with Crippen LogP contribution in [0, 0.1) is 0 Å². The fraction of sp³-hybridized carbons (Fsp3) is 0.579. The topological polar surface area (TPSA) is 80.3 Å². The highest BCUT2D eigenvalue weighted by Gasteiger charge is 2.24. The maximum absolute atomic E-state index is 12.2. The molecule has 8 nitrogen and oxygen atoms in total. The van der Waals surface area contributed by atoms with E-state index >= 15 is 0 Å². The van der Waals surface area contributed by atoms with Crippen LogP contribution in [-0.4, -0.2) is 81.4 Å². The molecule has 1 N–H and O–H groups in total. The summed E-state index contributed by atoms with van der Waals surface area (Å²) < 4.78 is 15.7. The molecular formula is C19H29N3O5. The zero-order chi connectivity index (χ0) is 19.5. The lowest BCUT2D eigenvalue weighted by Gasteiger charge is -2.34. The molecule has 0 aliphatic carbocycles. The minimum atomic E-state index is -0.303. The molecular weight excluding hydrogens is 350 g/mol. The Morgan fingerprint density at radius 1 is 1.00 bits per heavy atom. The Bertz CT molecular complexity index is 586. The van der Waals surface area contributed by atoms with Gasteiger partial charge in [0.05, 0.1) is 13.7 Å². The van der Waals surface area contributed by atoms with Gasteiger partial charge in [-0.15, -0.1) is 0 Å². The van der Waals surface area contributed by atoms with Crippen LogP contribution in [0.15, 0.2) is 24.3 Å². The number of ether oxygens (including phenoxy) is 3. The van der Waals surface area contributed by atoms with Crippen LogP contribution >= 0.6 is 0 Å². The van der Waals surface area contributed by atoms with Crippen LogP contribution in [0.25, 0.3) is 0 Å². The summed E-state index contributed by atoms with van der Waals surface area (Å²) in [5.74, 6) is 1.68. The maximum Gasteiger partial charge on any atom is 0.409 e. The van der Waals surface area contributed by atoms with Crippen molar-refractivity contribution >= 4 is 12.0 Å². The first kappa shape index (κ1) is 20.8. The third-order valence-corrected chi connectivity index (χ3v) is 4.28. The highest BCUT2D eigenvalue weighted by molar-refractivity contribution is 5.77. The van der Waals surface area contributed by atoms with Crippen LogP contribution in [0.3, 0.4) is 0 Å². The number of benzene rings is 1. The number of carbonyl (C=O) groups excluding carboxylic acids is 2. The van der Waals surface area contributed by atoms with Gasteiger partial charge < -0.3 is 29.3 Å². The lowest BCUT2D eigenvalue weighted by Crippen LogP contribution is -2.51. The molecule has 8 heteroatoms. The minimum Gasteiger partial charge on any atom is -0.497 e. The maximum atomic E-state index is 12.2. The van der Waals surface area contributed by atoms with E-state index in [9.17, 15) is 9.59 Å². The lowest BCUT2D eigenvalue weighted by molar-refractivity contribution is -0.132. The van der Waals surface area contributed by atoms with Gasteiger partial charge in [0.25, 0.3) is 0 Å². The van der Waals surface area contributed by atoms with Gasteiger partial charge in [0.15, 0.2) is 0 Å². The number of carbonyl (C=O) groups is 2. The van der Waals surface area contributed by atoms with Crippen molar-refractivity contribution in [2.24, 2.45) is 0 Å². The van der Waals surface area contributed by atoms with Crippen molar-refractivity contribution in [3.05, 3.63) is 24.3 Å². The van der Waals surface area contributed by atoms with Gasteiger partial charge in [-0.25, -0.2) is 4.79 Å². The van der Waals surface area contributed by atoms with Crippen LogP contribution in [0.2, 0.25) is 0 Å². The Hall–Kier alpha value is -2.48. The number of nitrogens with zero attached hydrogens (tertiary/aromatic N) is 2. The van der Waals surface area contributed by atoms with Crippen molar-refractivity contribution in [3.8, 4) is 11.5 Å². The van der Waals surface area contributed by atoms with Crippen molar-refractivity contribution in [1.29, 1.82) is 0 Å². The van der Waals surface area contributed by atoms with Gasteiger partial charge in [0, 0.05) is 45.7 Å². The Morgan fingerprint density at radius 2 is 1.63 bits per heavy atom. The molecule has 27 heavy (non-hydrogen) atoms. The molecule has 1 aliphatic rings. The van der Waals surface area contributed by atoms with Crippen molar-refractivity contribution in [3.63, 3.8) is 0 Å². The van der Waals surface area contributed by atoms with E-state index in [0.717, 1.165) is 11.5 Å². The fourth-order valence-corrected chi connectivity index (χ4v) is 2.74. The molecule has 0 atom stereocenters. The molecule has 1 aromatic carbocycles. The first-order valence-corrected chi connectivity index (χ1v) is 9.31. The molecule has 0 unspecified atom stereocenters. The van der Waals surface area contributed by atoms with Gasteiger partial charge in [-0.1, -0.05) is 0 Å². The summed E-state index contributed by atoms with van der Waals surface area (Å²) >= 11 is 0. The summed E-state index contributed by atoms with van der Waals surface area (Å²) in [6.07, 6.45) is 0.130. The van der Waals surface area contributed by atoms with Gasteiger partial charge >= 0.3 is 6.09 Å². The van der Waals surface area contributed by atoms with Crippen molar-refractivity contribution in [2.75, 3.05) is 59.6 Å². The number of rotatable bonds is 9. The van der Waals surface area contributed by atoms with Crippen LogP contribution in [0.1, 0.15) is 13.3 Å². The van der Waals surface area contributed by atoms with E-state index in [4.69, 9.17) is 14.2 Å². The number of hydrogen-bond donors (Lipinski definition) is 1. The van der Waals surface area contributed by atoms with Crippen LogP contribution in [-0.2, 0) is 9.53 Å². The monoisotopic (exact) mass is 379 g/mol. The molecule has 1 aromatic rings. The zero-order valence-electron chi connectivity index (χ0n) is 16.1. The predicted molar refractivity (Wildman–Crippen MR) is 101 cm³/mol. The molecule has 2 amide bonds. The number of piperazine rings is 1. The van der Waals surface area contributed by atoms with Crippen molar-refractivity contribution in [1.82, 2.24) is 15.1 Å². The van der Waals surface area contributed by atoms with E-state index in [1.807, 2.05) is 24.3 Å². The summed E-state index contributed by atoms with van der Waals surface area (Å²) in [5.41, 5.74) is 0.